The fourth-order valence-electron chi connectivity index (χ4n) is 2.38. The summed E-state index contributed by atoms with van der Waals surface area (Å²) in [7, 11) is 0. The molecule has 2 unspecified atom stereocenters. The van der Waals surface area contributed by atoms with Crippen LogP contribution in [0.1, 0.15) is 12.6 Å². The first kappa shape index (κ1) is 12.5. The predicted octanol–water partition coefficient (Wildman–Crippen LogP) is 0.277. The Morgan fingerprint density at radius 1 is 1.58 bits per heavy atom. The number of ether oxygens (including phenoxy) is 1. The van der Waals surface area contributed by atoms with Crippen LogP contribution in [-0.2, 0) is 11.3 Å². The van der Waals surface area contributed by atoms with Crippen molar-refractivity contribution in [3.8, 4) is 0 Å². The van der Waals surface area contributed by atoms with Crippen LogP contribution in [0.25, 0.3) is 5.78 Å². The Bertz CT molecular complexity index is 520. The summed E-state index contributed by atoms with van der Waals surface area (Å²) >= 11 is 0. The lowest BCUT2D eigenvalue weighted by Crippen LogP contribution is -2.49. The Balaban J connectivity index is 1.70. The lowest BCUT2D eigenvalue weighted by Gasteiger charge is -2.34. The average molecular weight is 261 g/mol. The smallest absolute Gasteiger partial charge is 0.233 e. The van der Waals surface area contributed by atoms with Gasteiger partial charge in [0.25, 0.3) is 0 Å². The van der Waals surface area contributed by atoms with Crippen LogP contribution in [0.5, 0.6) is 0 Å². The van der Waals surface area contributed by atoms with E-state index in [1.54, 1.807) is 6.20 Å². The Morgan fingerprint density at radius 3 is 3.26 bits per heavy atom. The van der Waals surface area contributed by atoms with Crippen molar-refractivity contribution in [2.75, 3.05) is 19.7 Å². The van der Waals surface area contributed by atoms with E-state index < -0.39 is 0 Å². The highest BCUT2D eigenvalue weighted by molar-refractivity contribution is 5.29. The Labute approximate surface area is 112 Å². The van der Waals surface area contributed by atoms with Crippen molar-refractivity contribution < 1.29 is 4.74 Å². The molecule has 6 heteroatoms. The summed E-state index contributed by atoms with van der Waals surface area (Å²) in [6.45, 7) is 5.32. The largest absolute Gasteiger partial charge is 0.374 e. The quantitative estimate of drug-likeness (QED) is 0.859. The molecule has 3 rings (SSSR count). The monoisotopic (exact) mass is 261 g/mol. The fourth-order valence-corrected chi connectivity index (χ4v) is 2.38. The Kier molecular flexibility index (Phi) is 3.46. The second-order valence-electron chi connectivity index (χ2n) is 5.06. The molecule has 1 fully saturated rings. The summed E-state index contributed by atoms with van der Waals surface area (Å²) in [5, 5.41) is 0. The van der Waals surface area contributed by atoms with Gasteiger partial charge < -0.3 is 10.5 Å². The second kappa shape index (κ2) is 5.24. The molecule has 0 aliphatic carbocycles. The molecule has 1 saturated heterocycles. The molecule has 1 aliphatic heterocycles. The third kappa shape index (κ3) is 2.75. The minimum Gasteiger partial charge on any atom is -0.374 e. The van der Waals surface area contributed by atoms with Gasteiger partial charge in [0, 0.05) is 44.3 Å². The minimum atomic E-state index is 0.0607. The molecule has 2 N–H and O–H groups in total. The van der Waals surface area contributed by atoms with Gasteiger partial charge in [0.1, 0.15) is 0 Å². The number of hydrogen-bond donors (Lipinski definition) is 1. The van der Waals surface area contributed by atoms with Crippen molar-refractivity contribution in [1.82, 2.24) is 19.3 Å². The van der Waals surface area contributed by atoms with E-state index in [1.807, 2.05) is 29.8 Å². The van der Waals surface area contributed by atoms with Crippen molar-refractivity contribution in [1.29, 1.82) is 0 Å². The Hall–Kier alpha value is -1.50. The second-order valence-corrected chi connectivity index (χ2v) is 5.06. The van der Waals surface area contributed by atoms with Crippen LogP contribution in [0, 0.1) is 0 Å². The number of nitrogens with zero attached hydrogens (tertiary/aromatic N) is 4. The van der Waals surface area contributed by atoms with E-state index in [4.69, 9.17) is 10.5 Å². The van der Waals surface area contributed by atoms with E-state index >= 15 is 0 Å². The topological polar surface area (TPSA) is 68.7 Å². The van der Waals surface area contributed by atoms with Gasteiger partial charge in [0.15, 0.2) is 0 Å². The van der Waals surface area contributed by atoms with Gasteiger partial charge in [-0.2, -0.15) is 0 Å². The first-order valence-electron chi connectivity index (χ1n) is 6.60. The van der Waals surface area contributed by atoms with Crippen molar-refractivity contribution in [2.45, 2.75) is 25.6 Å². The number of fused-ring (bicyclic) bond motifs is 1. The summed E-state index contributed by atoms with van der Waals surface area (Å²) in [6.07, 6.45) is 5.86. The van der Waals surface area contributed by atoms with Gasteiger partial charge in [-0.1, -0.05) is 0 Å². The van der Waals surface area contributed by atoms with E-state index in [0.717, 1.165) is 37.7 Å². The maximum Gasteiger partial charge on any atom is 0.233 e. The molecule has 0 bridgehead atoms. The van der Waals surface area contributed by atoms with Gasteiger partial charge in [0.2, 0.25) is 5.78 Å². The standard InChI is InChI=1S/C13H19N5O/c1-10(14)12-9-17(5-6-19-12)7-11-8-18-4-2-3-15-13(18)16-11/h2-4,8,10,12H,5-7,9,14H2,1H3. The fraction of sp³-hybridized carbons (Fsp3) is 0.538. The summed E-state index contributed by atoms with van der Waals surface area (Å²) in [5.41, 5.74) is 6.93. The molecule has 0 radical (unpaired) electrons. The summed E-state index contributed by atoms with van der Waals surface area (Å²) in [6, 6.07) is 1.96. The first-order chi connectivity index (χ1) is 9.22. The Morgan fingerprint density at radius 2 is 2.47 bits per heavy atom. The van der Waals surface area contributed by atoms with Crippen molar-refractivity contribution >= 4 is 5.78 Å². The number of aromatic nitrogens is 3. The predicted molar refractivity (Wildman–Crippen MR) is 71.7 cm³/mol. The molecule has 0 spiro atoms. The SMILES string of the molecule is CC(N)C1CN(Cc2cn3cccnc3n2)CCO1. The summed E-state index contributed by atoms with van der Waals surface area (Å²) in [5.74, 6) is 0.745. The molecule has 2 aromatic rings. The van der Waals surface area contributed by atoms with Crippen LogP contribution in [-0.4, -0.2) is 51.1 Å². The summed E-state index contributed by atoms with van der Waals surface area (Å²) in [4.78, 5) is 11.1. The molecule has 2 aromatic heterocycles. The zero-order valence-electron chi connectivity index (χ0n) is 11.1. The molecule has 6 nitrogen and oxygen atoms in total. The molecule has 0 amide bonds. The molecule has 0 saturated carbocycles. The van der Waals surface area contributed by atoms with E-state index in [9.17, 15) is 0 Å². The molecule has 3 heterocycles. The van der Waals surface area contributed by atoms with Gasteiger partial charge in [-0.15, -0.1) is 0 Å². The van der Waals surface area contributed by atoms with Crippen LogP contribution in [0.4, 0.5) is 0 Å². The number of nitrogens with two attached hydrogens (primary N) is 1. The van der Waals surface area contributed by atoms with Crippen molar-refractivity contribution in [3.63, 3.8) is 0 Å². The maximum atomic E-state index is 5.90. The molecular formula is C13H19N5O. The third-order valence-electron chi connectivity index (χ3n) is 3.44. The van der Waals surface area contributed by atoms with Crippen LogP contribution >= 0.6 is 0 Å². The van der Waals surface area contributed by atoms with Gasteiger partial charge >= 0.3 is 0 Å². The number of imidazole rings is 1. The highest BCUT2D eigenvalue weighted by Crippen LogP contribution is 2.12. The third-order valence-corrected chi connectivity index (χ3v) is 3.44. The van der Waals surface area contributed by atoms with Gasteiger partial charge in [-0.3, -0.25) is 9.30 Å². The molecule has 102 valence electrons. The molecule has 0 aromatic carbocycles. The minimum absolute atomic E-state index is 0.0607. The first-order valence-corrected chi connectivity index (χ1v) is 6.60. The average Bonchev–Trinajstić information content (AvgIpc) is 2.81. The van der Waals surface area contributed by atoms with Crippen LogP contribution in [0.3, 0.4) is 0 Å². The zero-order chi connectivity index (χ0) is 13.2. The van der Waals surface area contributed by atoms with Gasteiger partial charge in [0.05, 0.1) is 18.4 Å². The zero-order valence-corrected chi connectivity index (χ0v) is 11.1. The van der Waals surface area contributed by atoms with Gasteiger partial charge in [-0.05, 0) is 13.0 Å². The summed E-state index contributed by atoms with van der Waals surface area (Å²) < 4.78 is 7.60. The lowest BCUT2D eigenvalue weighted by atomic mass is 10.1. The van der Waals surface area contributed by atoms with Crippen LogP contribution < -0.4 is 5.73 Å². The molecule has 19 heavy (non-hydrogen) atoms. The van der Waals surface area contributed by atoms with Gasteiger partial charge in [-0.25, -0.2) is 9.97 Å². The van der Waals surface area contributed by atoms with E-state index in [0.29, 0.717) is 0 Å². The van der Waals surface area contributed by atoms with Crippen LogP contribution in [0.15, 0.2) is 24.7 Å². The molecule has 1 aliphatic rings. The van der Waals surface area contributed by atoms with E-state index in [2.05, 4.69) is 14.9 Å². The molecule has 2 atom stereocenters. The highest BCUT2D eigenvalue weighted by atomic mass is 16.5. The van der Waals surface area contributed by atoms with Crippen molar-refractivity contribution in [2.24, 2.45) is 5.73 Å². The van der Waals surface area contributed by atoms with Crippen molar-refractivity contribution in [3.05, 3.63) is 30.4 Å². The highest BCUT2D eigenvalue weighted by Gasteiger charge is 2.23. The molecular weight excluding hydrogens is 242 g/mol. The number of hydrogen-bond acceptors (Lipinski definition) is 5. The maximum absolute atomic E-state index is 5.90. The number of rotatable bonds is 3. The van der Waals surface area contributed by atoms with E-state index in [1.165, 1.54) is 0 Å². The van der Waals surface area contributed by atoms with Crippen LogP contribution in [0.2, 0.25) is 0 Å². The van der Waals surface area contributed by atoms with E-state index in [-0.39, 0.29) is 12.1 Å². The number of morpholine rings is 1. The lowest BCUT2D eigenvalue weighted by molar-refractivity contribution is -0.0406. The normalized spacial score (nSPS) is 22.7.